The molecule has 1 N–H and O–H groups in total. The Kier molecular flexibility index (Phi) is 4.80. The molecular formula is C17H19N3O3S. The fourth-order valence-electron chi connectivity index (χ4n) is 2.84. The fraction of sp³-hybridized carbons (Fsp3) is 0.353. The van der Waals surface area contributed by atoms with Crippen LogP contribution in [0.25, 0.3) is 0 Å². The summed E-state index contributed by atoms with van der Waals surface area (Å²) >= 11 is 1.53. The van der Waals surface area contributed by atoms with Crippen LogP contribution in [0.3, 0.4) is 0 Å². The average Bonchev–Trinajstić information content (AvgIpc) is 3.26. The second-order valence-corrected chi connectivity index (χ2v) is 6.55. The molecule has 1 atom stereocenters. The summed E-state index contributed by atoms with van der Waals surface area (Å²) in [5.41, 5.74) is 1.95. The zero-order valence-corrected chi connectivity index (χ0v) is 14.4. The van der Waals surface area contributed by atoms with Crippen LogP contribution < -0.4 is 10.2 Å². The lowest BCUT2D eigenvalue weighted by Crippen LogP contribution is -2.39. The summed E-state index contributed by atoms with van der Waals surface area (Å²) in [7, 11) is 1.34. The largest absolute Gasteiger partial charge is 0.465 e. The van der Waals surface area contributed by atoms with Crippen molar-refractivity contribution in [1.82, 2.24) is 4.98 Å². The first-order valence-corrected chi connectivity index (χ1v) is 8.64. The van der Waals surface area contributed by atoms with Crippen LogP contribution in [-0.2, 0) is 9.53 Å². The summed E-state index contributed by atoms with van der Waals surface area (Å²) in [4.78, 5) is 30.8. The van der Waals surface area contributed by atoms with Crippen LogP contribution in [0.2, 0.25) is 0 Å². The number of carbonyl (C=O) groups is 2. The van der Waals surface area contributed by atoms with Gasteiger partial charge >= 0.3 is 5.97 Å². The van der Waals surface area contributed by atoms with Crippen LogP contribution in [-0.4, -0.2) is 36.6 Å². The molecule has 1 fully saturated rings. The molecule has 0 radical (unpaired) electrons. The van der Waals surface area contributed by atoms with Crippen molar-refractivity contribution < 1.29 is 14.3 Å². The molecule has 126 valence electrons. The molecule has 3 rings (SSSR count). The summed E-state index contributed by atoms with van der Waals surface area (Å²) < 4.78 is 4.74. The Bertz CT molecular complexity index is 746. The molecule has 0 spiro atoms. The van der Waals surface area contributed by atoms with E-state index in [1.165, 1.54) is 18.4 Å². The highest BCUT2D eigenvalue weighted by Gasteiger charge is 2.32. The van der Waals surface area contributed by atoms with Gasteiger partial charge < -0.3 is 15.0 Å². The van der Waals surface area contributed by atoms with Gasteiger partial charge in [0.1, 0.15) is 6.04 Å². The van der Waals surface area contributed by atoms with Gasteiger partial charge in [0.15, 0.2) is 5.13 Å². The van der Waals surface area contributed by atoms with Crippen LogP contribution in [0.4, 0.5) is 10.8 Å². The molecule has 1 aromatic carbocycles. The topological polar surface area (TPSA) is 71.5 Å². The van der Waals surface area contributed by atoms with E-state index in [9.17, 15) is 9.59 Å². The van der Waals surface area contributed by atoms with Gasteiger partial charge in [0.05, 0.1) is 12.7 Å². The quantitative estimate of drug-likeness (QED) is 0.863. The number of esters is 1. The van der Waals surface area contributed by atoms with Crippen molar-refractivity contribution in [2.45, 2.75) is 25.8 Å². The van der Waals surface area contributed by atoms with E-state index in [4.69, 9.17) is 4.74 Å². The maximum absolute atomic E-state index is 12.7. The fourth-order valence-corrected chi connectivity index (χ4v) is 3.56. The number of nitrogens with zero attached hydrogens (tertiary/aromatic N) is 2. The smallest absolute Gasteiger partial charge is 0.337 e. The molecule has 7 heteroatoms. The van der Waals surface area contributed by atoms with Gasteiger partial charge in [-0.1, -0.05) is 6.07 Å². The Morgan fingerprint density at radius 2 is 2.25 bits per heavy atom. The lowest BCUT2D eigenvalue weighted by Gasteiger charge is -2.23. The van der Waals surface area contributed by atoms with Gasteiger partial charge in [0, 0.05) is 23.8 Å². The SMILES string of the molecule is COC(=O)c1ccc(C)c(NC(=O)[C@@H]2CCCN2c2nccs2)c1. The predicted octanol–water partition coefficient (Wildman–Crippen LogP) is 2.85. The summed E-state index contributed by atoms with van der Waals surface area (Å²) in [6.45, 7) is 2.72. The second-order valence-electron chi connectivity index (χ2n) is 5.68. The molecule has 1 aromatic heterocycles. The van der Waals surface area contributed by atoms with Crippen molar-refractivity contribution in [2.24, 2.45) is 0 Å². The molecule has 2 aromatic rings. The number of hydrogen-bond donors (Lipinski definition) is 1. The Morgan fingerprint density at radius 3 is 2.96 bits per heavy atom. The van der Waals surface area contributed by atoms with E-state index < -0.39 is 5.97 Å². The monoisotopic (exact) mass is 345 g/mol. The number of rotatable bonds is 4. The van der Waals surface area contributed by atoms with Gasteiger partial charge in [-0.25, -0.2) is 9.78 Å². The number of benzene rings is 1. The minimum Gasteiger partial charge on any atom is -0.465 e. The molecule has 24 heavy (non-hydrogen) atoms. The van der Waals surface area contributed by atoms with E-state index in [1.807, 2.05) is 17.2 Å². The van der Waals surface area contributed by atoms with E-state index in [-0.39, 0.29) is 11.9 Å². The van der Waals surface area contributed by atoms with Crippen molar-refractivity contribution >= 4 is 34.0 Å². The van der Waals surface area contributed by atoms with Crippen molar-refractivity contribution in [3.8, 4) is 0 Å². The van der Waals surface area contributed by atoms with Gasteiger partial charge in [-0.05, 0) is 37.5 Å². The average molecular weight is 345 g/mol. The number of nitrogens with one attached hydrogen (secondary N) is 1. The molecule has 0 aliphatic carbocycles. The zero-order chi connectivity index (χ0) is 17.1. The standard InChI is InChI=1S/C17H19N3O3S/c1-11-5-6-12(16(22)23-2)10-13(11)19-15(21)14-4-3-8-20(14)17-18-7-9-24-17/h5-7,9-10,14H,3-4,8H2,1-2H3,(H,19,21)/t14-/m0/s1. The normalized spacial score (nSPS) is 16.9. The maximum atomic E-state index is 12.7. The highest BCUT2D eigenvalue weighted by atomic mass is 32.1. The molecule has 6 nitrogen and oxygen atoms in total. The van der Waals surface area contributed by atoms with Crippen LogP contribution in [0.15, 0.2) is 29.8 Å². The summed E-state index contributed by atoms with van der Waals surface area (Å²) in [5.74, 6) is -0.497. The first-order chi connectivity index (χ1) is 11.6. The van der Waals surface area contributed by atoms with E-state index in [0.29, 0.717) is 11.3 Å². The highest BCUT2D eigenvalue weighted by Crippen LogP contribution is 2.28. The van der Waals surface area contributed by atoms with Crippen molar-refractivity contribution in [3.05, 3.63) is 40.9 Å². The minimum absolute atomic E-state index is 0.0761. The van der Waals surface area contributed by atoms with Crippen LogP contribution >= 0.6 is 11.3 Å². The van der Waals surface area contributed by atoms with E-state index in [0.717, 1.165) is 30.1 Å². The van der Waals surface area contributed by atoms with E-state index in [2.05, 4.69) is 10.3 Å². The summed E-state index contributed by atoms with van der Waals surface area (Å²) in [6, 6.07) is 4.91. The number of anilines is 2. The molecule has 0 unspecified atom stereocenters. The van der Waals surface area contributed by atoms with Crippen LogP contribution in [0.1, 0.15) is 28.8 Å². The first-order valence-electron chi connectivity index (χ1n) is 7.76. The van der Waals surface area contributed by atoms with Crippen LogP contribution in [0.5, 0.6) is 0 Å². The number of hydrogen-bond acceptors (Lipinski definition) is 6. The molecule has 0 saturated carbocycles. The number of ether oxygens (including phenoxy) is 1. The minimum atomic E-state index is -0.421. The Morgan fingerprint density at radius 1 is 1.42 bits per heavy atom. The molecule has 1 saturated heterocycles. The first kappa shape index (κ1) is 16.4. The molecule has 1 amide bonds. The third-order valence-electron chi connectivity index (χ3n) is 4.14. The highest BCUT2D eigenvalue weighted by molar-refractivity contribution is 7.13. The Balaban J connectivity index is 1.78. The number of amides is 1. The third kappa shape index (κ3) is 3.26. The van der Waals surface area contributed by atoms with Gasteiger partial charge in [0.2, 0.25) is 5.91 Å². The van der Waals surface area contributed by atoms with Crippen molar-refractivity contribution in [2.75, 3.05) is 23.9 Å². The number of aromatic nitrogens is 1. The summed E-state index contributed by atoms with van der Waals surface area (Å²) in [5, 5.41) is 5.73. The van der Waals surface area contributed by atoms with Gasteiger partial charge in [-0.3, -0.25) is 4.79 Å². The Labute approximate surface area is 144 Å². The Hall–Kier alpha value is -2.41. The molecule has 1 aliphatic rings. The lowest BCUT2D eigenvalue weighted by molar-refractivity contribution is -0.117. The van der Waals surface area contributed by atoms with Gasteiger partial charge in [-0.2, -0.15) is 0 Å². The van der Waals surface area contributed by atoms with Gasteiger partial charge in [-0.15, -0.1) is 11.3 Å². The predicted molar refractivity (Wildman–Crippen MR) is 93.6 cm³/mol. The number of methoxy groups -OCH3 is 1. The van der Waals surface area contributed by atoms with Crippen molar-refractivity contribution in [3.63, 3.8) is 0 Å². The number of carbonyl (C=O) groups excluding carboxylic acids is 2. The van der Waals surface area contributed by atoms with Crippen molar-refractivity contribution in [1.29, 1.82) is 0 Å². The lowest BCUT2D eigenvalue weighted by atomic mass is 10.1. The number of aryl methyl sites for hydroxylation is 1. The van der Waals surface area contributed by atoms with Crippen LogP contribution in [0, 0.1) is 6.92 Å². The third-order valence-corrected chi connectivity index (χ3v) is 4.95. The van der Waals surface area contributed by atoms with E-state index >= 15 is 0 Å². The molecular weight excluding hydrogens is 326 g/mol. The maximum Gasteiger partial charge on any atom is 0.337 e. The molecule has 2 heterocycles. The molecule has 0 bridgehead atoms. The summed E-state index contributed by atoms with van der Waals surface area (Å²) in [6.07, 6.45) is 3.50. The molecule has 1 aliphatic heterocycles. The zero-order valence-electron chi connectivity index (χ0n) is 13.6. The second kappa shape index (κ2) is 7.00. The number of thiazole rings is 1. The van der Waals surface area contributed by atoms with Gasteiger partial charge in [0.25, 0.3) is 0 Å². The van der Waals surface area contributed by atoms with E-state index in [1.54, 1.807) is 24.4 Å².